The van der Waals surface area contributed by atoms with E-state index in [1.165, 1.54) is 18.4 Å². The Kier molecular flexibility index (Phi) is 8.36. The van der Waals surface area contributed by atoms with Crippen molar-refractivity contribution in [1.82, 2.24) is 15.5 Å². The van der Waals surface area contributed by atoms with E-state index in [0.29, 0.717) is 29.9 Å². The van der Waals surface area contributed by atoms with Crippen molar-refractivity contribution >= 4 is 16.3 Å². The SMILES string of the molecule is CC(C)(C)OC=O.CS(=O)(=O)c1ccc(OCc2noc(C3CCNCC3)n2)cc1. The molecule has 1 aromatic heterocycles. The minimum absolute atomic E-state index is 0.187. The van der Waals surface area contributed by atoms with Crippen molar-refractivity contribution in [1.29, 1.82) is 0 Å². The quantitative estimate of drug-likeness (QED) is 0.677. The van der Waals surface area contributed by atoms with Crippen molar-refractivity contribution in [2.24, 2.45) is 0 Å². The van der Waals surface area contributed by atoms with Crippen molar-refractivity contribution < 1.29 is 27.2 Å². The van der Waals surface area contributed by atoms with Crippen molar-refractivity contribution in [2.45, 2.75) is 56.6 Å². The molecule has 0 radical (unpaired) electrons. The van der Waals surface area contributed by atoms with Gasteiger partial charge in [0, 0.05) is 12.2 Å². The van der Waals surface area contributed by atoms with Crippen LogP contribution >= 0.6 is 0 Å². The lowest BCUT2D eigenvalue weighted by atomic mass is 9.98. The lowest BCUT2D eigenvalue weighted by Gasteiger charge is -2.18. The zero-order valence-corrected chi connectivity index (χ0v) is 18.6. The molecule has 0 amide bonds. The van der Waals surface area contributed by atoms with Gasteiger partial charge in [-0.15, -0.1) is 0 Å². The molecule has 10 heteroatoms. The first-order chi connectivity index (χ1) is 14.1. The van der Waals surface area contributed by atoms with E-state index in [1.807, 2.05) is 20.8 Å². The van der Waals surface area contributed by atoms with Crippen LogP contribution < -0.4 is 10.1 Å². The summed E-state index contributed by atoms with van der Waals surface area (Å²) in [6.07, 6.45) is 3.16. The Balaban J connectivity index is 0.000000396. The highest BCUT2D eigenvalue weighted by Gasteiger charge is 2.21. The first kappa shape index (κ1) is 23.8. The van der Waals surface area contributed by atoms with Crippen LogP contribution in [0.25, 0.3) is 0 Å². The number of carbonyl (C=O) groups is 1. The van der Waals surface area contributed by atoms with Crippen LogP contribution in [0.3, 0.4) is 0 Å². The minimum Gasteiger partial charge on any atom is -0.485 e. The second-order valence-electron chi connectivity index (χ2n) is 7.93. The topological polar surface area (TPSA) is 121 Å². The van der Waals surface area contributed by atoms with E-state index >= 15 is 0 Å². The highest BCUT2D eigenvalue weighted by molar-refractivity contribution is 7.90. The molecule has 0 bridgehead atoms. The van der Waals surface area contributed by atoms with Gasteiger partial charge in [0.2, 0.25) is 11.7 Å². The molecule has 30 heavy (non-hydrogen) atoms. The van der Waals surface area contributed by atoms with Gasteiger partial charge in [-0.2, -0.15) is 4.98 Å². The third kappa shape index (κ3) is 8.11. The molecule has 1 aliphatic rings. The minimum atomic E-state index is -3.20. The van der Waals surface area contributed by atoms with E-state index in [0.717, 1.165) is 25.9 Å². The fourth-order valence-corrected chi connectivity index (χ4v) is 3.27. The van der Waals surface area contributed by atoms with Gasteiger partial charge >= 0.3 is 0 Å². The standard InChI is InChI=1S/C15H19N3O4S.C5H10O2/c1-23(19,20)13-4-2-12(3-5-13)21-10-14-17-15(22-18-14)11-6-8-16-9-7-11;1-5(2,3)7-4-6/h2-5,11,16H,6-10H2,1H3;4H,1-3H3. The molecule has 0 spiro atoms. The number of nitrogens with zero attached hydrogens (tertiary/aromatic N) is 2. The summed E-state index contributed by atoms with van der Waals surface area (Å²) in [4.78, 5) is 14.2. The molecule has 3 rings (SSSR count). The van der Waals surface area contributed by atoms with Crippen molar-refractivity contribution in [3.05, 3.63) is 36.0 Å². The van der Waals surface area contributed by atoms with E-state index in [9.17, 15) is 13.2 Å². The van der Waals surface area contributed by atoms with Gasteiger partial charge < -0.3 is 19.3 Å². The molecular weight excluding hydrogens is 410 g/mol. The molecule has 1 fully saturated rings. The molecule has 0 aliphatic carbocycles. The van der Waals surface area contributed by atoms with E-state index < -0.39 is 9.84 Å². The van der Waals surface area contributed by atoms with Crippen molar-refractivity contribution in [2.75, 3.05) is 19.3 Å². The molecule has 0 saturated carbocycles. The van der Waals surface area contributed by atoms with Gasteiger partial charge in [0.15, 0.2) is 16.4 Å². The number of rotatable bonds is 6. The molecular formula is C20H29N3O6S. The lowest BCUT2D eigenvalue weighted by molar-refractivity contribution is -0.138. The number of hydrogen-bond donors (Lipinski definition) is 1. The van der Waals surface area contributed by atoms with Gasteiger partial charge in [-0.25, -0.2) is 8.42 Å². The average molecular weight is 440 g/mol. The van der Waals surface area contributed by atoms with Crippen LogP contribution in [0.4, 0.5) is 0 Å². The smallest absolute Gasteiger partial charge is 0.293 e. The highest BCUT2D eigenvalue weighted by Crippen LogP contribution is 2.23. The average Bonchev–Trinajstić information content (AvgIpc) is 3.15. The summed E-state index contributed by atoms with van der Waals surface area (Å²) < 4.78 is 38.2. The van der Waals surface area contributed by atoms with Crippen LogP contribution in [-0.4, -0.2) is 50.0 Å². The molecule has 2 heterocycles. The predicted molar refractivity (Wildman–Crippen MR) is 110 cm³/mol. The Morgan fingerprint density at radius 1 is 1.20 bits per heavy atom. The highest BCUT2D eigenvalue weighted by atomic mass is 32.2. The first-order valence-electron chi connectivity index (χ1n) is 9.66. The van der Waals surface area contributed by atoms with Gasteiger partial charge in [0.05, 0.1) is 4.90 Å². The zero-order chi connectivity index (χ0) is 22.2. The van der Waals surface area contributed by atoms with Gasteiger partial charge in [0.25, 0.3) is 6.47 Å². The molecule has 2 aromatic rings. The number of piperidine rings is 1. The monoisotopic (exact) mass is 439 g/mol. The van der Waals surface area contributed by atoms with Gasteiger partial charge in [-0.3, -0.25) is 4.79 Å². The third-order valence-corrected chi connectivity index (χ3v) is 5.32. The summed E-state index contributed by atoms with van der Waals surface area (Å²) in [6, 6.07) is 6.26. The molecule has 1 N–H and O–H groups in total. The Morgan fingerprint density at radius 3 is 2.33 bits per heavy atom. The van der Waals surface area contributed by atoms with E-state index in [1.54, 1.807) is 12.1 Å². The number of hydrogen-bond acceptors (Lipinski definition) is 9. The summed E-state index contributed by atoms with van der Waals surface area (Å²) in [7, 11) is -3.20. The molecule has 0 unspecified atom stereocenters. The Bertz CT molecular complexity index is 897. The second-order valence-corrected chi connectivity index (χ2v) is 9.95. The maximum atomic E-state index is 11.4. The Morgan fingerprint density at radius 2 is 1.83 bits per heavy atom. The van der Waals surface area contributed by atoms with Gasteiger partial charge in [-0.05, 0) is 71.0 Å². The van der Waals surface area contributed by atoms with Crippen LogP contribution in [0.5, 0.6) is 5.75 Å². The predicted octanol–water partition coefficient (Wildman–Crippen LogP) is 2.48. The van der Waals surface area contributed by atoms with Gasteiger partial charge in [0.1, 0.15) is 11.4 Å². The first-order valence-corrected chi connectivity index (χ1v) is 11.6. The van der Waals surface area contributed by atoms with Crippen LogP contribution in [0.15, 0.2) is 33.7 Å². The van der Waals surface area contributed by atoms with E-state index in [4.69, 9.17) is 9.26 Å². The summed E-state index contributed by atoms with van der Waals surface area (Å²) in [5, 5.41) is 7.23. The molecule has 9 nitrogen and oxygen atoms in total. The Hall–Kier alpha value is -2.46. The van der Waals surface area contributed by atoms with Crippen LogP contribution in [0, 0.1) is 0 Å². The van der Waals surface area contributed by atoms with E-state index in [2.05, 4.69) is 20.2 Å². The molecule has 1 saturated heterocycles. The van der Waals surface area contributed by atoms with Crippen LogP contribution in [0.1, 0.15) is 51.2 Å². The summed E-state index contributed by atoms with van der Waals surface area (Å²) in [5.41, 5.74) is -0.318. The lowest BCUT2D eigenvalue weighted by Crippen LogP contribution is -2.26. The maximum absolute atomic E-state index is 11.4. The fraction of sp³-hybridized carbons (Fsp3) is 0.550. The molecule has 0 atom stereocenters. The number of sulfone groups is 1. The largest absolute Gasteiger partial charge is 0.485 e. The number of ether oxygens (including phenoxy) is 2. The normalized spacial score (nSPS) is 15.1. The number of aromatic nitrogens is 2. The van der Waals surface area contributed by atoms with Gasteiger partial charge in [-0.1, -0.05) is 5.16 Å². The Labute approximate surface area is 177 Å². The van der Waals surface area contributed by atoms with Crippen LogP contribution in [-0.2, 0) is 26.0 Å². The van der Waals surface area contributed by atoms with Crippen molar-refractivity contribution in [3.63, 3.8) is 0 Å². The zero-order valence-electron chi connectivity index (χ0n) is 17.8. The number of nitrogens with one attached hydrogen (secondary N) is 1. The fourth-order valence-electron chi connectivity index (χ4n) is 2.64. The number of carbonyl (C=O) groups excluding carboxylic acids is 1. The number of benzene rings is 1. The molecule has 1 aliphatic heterocycles. The van der Waals surface area contributed by atoms with Crippen LogP contribution in [0.2, 0.25) is 0 Å². The second kappa shape index (κ2) is 10.5. The summed E-state index contributed by atoms with van der Waals surface area (Å²) in [6.45, 7) is 8.04. The summed E-state index contributed by atoms with van der Waals surface area (Å²) >= 11 is 0. The molecule has 1 aromatic carbocycles. The summed E-state index contributed by atoms with van der Waals surface area (Å²) in [5.74, 6) is 2.03. The van der Waals surface area contributed by atoms with E-state index in [-0.39, 0.29) is 17.1 Å². The molecule has 166 valence electrons. The maximum Gasteiger partial charge on any atom is 0.293 e. The third-order valence-electron chi connectivity index (χ3n) is 4.19. The van der Waals surface area contributed by atoms with Crippen molar-refractivity contribution in [3.8, 4) is 5.75 Å².